The minimum atomic E-state index is -2.99. The van der Waals surface area contributed by atoms with E-state index in [2.05, 4.69) is 41.3 Å². The van der Waals surface area contributed by atoms with Crippen LogP contribution in [-0.2, 0) is 9.84 Å². The van der Waals surface area contributed by atoms with Gasteiger partial charge in [-0.05, 0) is 32.4 Å². The van der Waals surface area contributed by atoms with E-state index in [4.69, 9.17) is 11.6 Å². The maximum absolute atomic E-state index is 11.8. The predicted octanol–water partition coefficient (Wildman–Crippen LogP) is 4.81. The van der Waals surface area contributed by atoms with Crippen LogP contribution in [0.15, 0.2) is 29.6 Å². The Morgan fingerprint density at radius 2 is 1.96 bits per heavy atom. The van der Waals surface area contributed by atoms with Crippen LogP contribution in [0, 0.1) is 13.8 Å². The first-order chi connectivity index (χ1) is 13.3. The lowest BCUT2D eigenvalue weighted by Crippen LogP contribution is -2.12. The summed E-state index contributed by atoms with van der Waals surface area (Å²) in [4.78, 5) is 4.67. The van der Waals surface area contributed by atoms with E-state index in [0.29, 0.717) is 11.6 Å². The van der Waals surface area contributed by atoms with Crippen molar-refractivity contribution in [1.29, 1.82) is 0 Å². The standard InChI is InChI=1S/C20H20ClN3O2S2/c1-13-3-5-15(6-4-13)18-11-27-19(22-18)8-7-17-14(2)23-24(20(17)21)16-9-10-28(25,26)12-16/h3-8,11,16H,9-10,12H2,1-2H3/b8-7+. The zero-order valence-electron chi connectivity index (χ0n) is 15.6. The second kappa shape index (κ2) is 7.46. The number of benzene rings is 1. The molecule has 1 aromatic carbocycles. The number of thiazole rings is 1. The van der Waals surface area contributed by atoms with E-state index < -0.39 is 9.84 Å². The molecular formula is C20H20ClN3O2S2. The SMILES string of the molecule is Cc1ccc(-c2csc(/C=C/c3c(C)nn(C4CCS(=O)(=O)C4)c3Cl)n2)cc1. The summed E-state index contributed by atoms with van der Waals surface area (Å²) in [6.45, 7) is 3.94. The summed E-state index contributed by atoms with van der Waals surface area (Å²) in [5.74, 6) is 0.294. The van der Waals surface area contributed by atoms with E-state index in [1.807, 2.05) is 24.5 Å². The first kappa shape index (κ1) is 19.4. The fourth-order valence-electron chi connectivity index (χ4n) is 3.31. The molecule has 1 aliphatic heterocycles. The molecule has 0 saturated carbocycles. The molecule has 0 aliphatic carbocycles. The van der Waals surface area contributed by atoms with Crippen LogP contribution in [0.3, 0.4) is 0 Å². The molecule has 28 heavy (non-hydrogen) atoms. The molecule has 0 spiro atoms. The highest BCUT2D eigenvalue weighted by atomic mass is 35.5. The van der Waals surface area contributed by atoms with E-state index in [0.717, 1.165) is 27.5 Å². The molecule has 0 N–H and O–H groups in total. The van der Waals surface area contributed by atoms with Gasteiger partial charge in [-0.15, -0.1) is 11.3 Å². The van der Waals surface area contributed by atoms with Gasteiger partial charge in [0, 0.05) is 16.5 Å². The third kappa shape index (κ3) is 3.92. The topological polar surface area (TPSA) is 64.8 Å². The van der Waals surface area contributed by atoms with E-state index in [-0.39, 0.29) is 17.5 Å². The number of hydrogen-bond donors (Lipinski definition) is 0. The zero-order valence-corrected chi connectivity index (χ0v) is 18.0. The number of sulfone groups is 1. The van der Waals surface area contributed by atoms with Gasteiger partial charge in [0.25, 0.3) is 0 Å². The zero-order chi connectivity index (χ0) is 19.9. The number of aromatic nitrogens is 3. The summed E-state index contributed by atoms with van der Waals surface area (Å²) in [5, 5.41) is 7.87. The molecule has 1 fully saturated rings. The van der Waals surface area contributed by atoms with Gasteiger partial charge in [-0.2, -0.15) is 5.10 Å². The van der Waals surface area contributed by atoms with E-state index >= 15 is 0 Å². The van der Waals surface area contributed by atoms with E-state index in [9.17, 15) is 8.42 Å². The molecule has 1 saturated heterocycles. The third-order valence-corrected chi connectivity index (χ3v) is 7.82. The molecule has 1 aliphatic rings. The van der Waals surface area contributed by atoms with Gasteiger partial charge in [0.1, 0.15) is 10.2 Å². The van der Waals surface area contributed by atoms with Crippen LogP contribution in [-0.4, -0.2) is 34.7 Å². The van der Waals surface area contributed by atoms with Crippen LogP contribution in [0.25, 0.3) is 23.4 Å². The summed E-state index contributed by atoms with van der Waals surface area (Å²) in [7, 11) is -2.99. The molecule has 4 rings (SSSR count). The van der Waals surface area contributed by atoms with Crippen LogP contribution in [0.5, 0.6) is 0 Å². The molecule has 0 bridgehead atoms. The fourth-order valence-corrected chi connectivity index (χ4v) is 6.09. The molecule has 146 valence electrons. The minimum Gasteiger partial charge on any atom is -0.249 e. The van der Waals surface area contributed by atoms with Gasteiger partial charge in [-0.25, -0.2) is 18.1 Å². The Balaban J connectivity index is 1.56. The molecule has 2 aromatic heterocycles. The van der Waals surface area contributed by atoms with Crippen molar-refractivity contribution in [1.82, 2.24) is 14.8 Å². The van der Waals surface area contributed by atoms with Gasteiger partial charge >= 0.3 is 0 Å². The summed E-state index contributed by atoms with van der Waals surface area (Å²) in [6, 6.07) is 8.10. The van der Waals surface area contributed by atoms with E-state index in [1.165, 1.54) is 5.56 Å². The van der Waals surface area contributed by atoms with Gasteiger partial charge in [0.15, 0.2) is 9.84 Å². The van der Waals surface area contributed by atoms with Gasteiger partial charge in [-0.1, -0.05) is 41.4 Å². The Morgan fingerprint density at radius 1 is 1.21 bits per heavy atom. The van der Waals surface area contributed by atoms with E-state index in [1.54, 1.807) is 16.0 Å². The number of rotatable bonds is 4. The van der Waals surface area contributed by atoms with Crippen molar-refractivity contribution in [2.24, 2.45) is 0 Å². The number of aryl methyl sites for hydroxylation is 2. The van der Waals surface area contributed by atoms with Crippen LogP contribution < -0.4 is 0 Å². The predicted molar refractivity (Wildman–Crippen MR) is 115 cm³/mol. The monoisotopic (exact) mass is 433 g/mol. The lowest BCUT2D eigenvalue weighted by atomic mass is 10.1. The molecule has 1 atom stereocenters. The number of halogens is 1. The molecule has 0 amide bonds. The Hall–Kier alpha value is -1.96. The average molecular weight is 434 g/mol. The van der Waals surface area contributed by atoms with Crippen molar-refractivity contribution in [2.45, 2.75) is 26.3 Å². The molecule has 3 heterocycles. The van der Waals surface area contributed by atoms with Crippen molar-refractivity contribution >= 4 is 44.9 Å². The molecule has 0 radical (unpaired) electrons. The van der Waals surface area contributed by atoms with Crippen molar-refractivity contribution in [2.75, 3.05) is 11.5 Å². The molecular weight excluding hydrogens is 414 g/mol. The van der Waals surface area contributed by atoms with Crippen molar-refractivity contribution in [3.63, 3.8) is 0 Å². The molecule has 3 aromatic rings. The lowest BCUT2D eigenvalue weighted by molar-refractivity contribution is 0.497. The van der Waals surface area contributed by atoms with Gasteiger partial charge in [0.05, 0.1) is 28.9 Å². The van der Waals surface area contributed by atoms with Crippen molar-refractivity contribution in [3.8, 4) is 11.3 Å². The Bertz CT molecular complexity index is 1140. The van der Waals surface area contributed by atoms with Gasteiger partial charge in [-0.3, -0.25) is 0 Å². The highest BCUT2D eigenvalue weighted by Gasteiger charge is 2.31. The summed E-state index contributed by atoms with van der Waals surface area (Å²) in [5.41, 5.74) is 4.83. The Labute approximate surface area is 173 Å². The molecule has 5 nitrogen and oxygen atoms in total. The van der Waals surface area contributed by atoms with Gasteiger partial charge < -0.3 is 0 Å². The second-order valence-corrected chi connectivity index (χ2v) is 10.5. The summed E-state index contributed by atoms with van der Waals surface area (Å²) < 4.78 is 25.2. The quantitative estimate of drug-likeness (QED) is 0.592. The lowest BCUT2D eigenvalue weighted by Gasteiger charge is -2.09. The van der Waals surface area contributed by atoms with Crippen LogP contribution in [0.2, 0.25) is 5.15 Å². The Kier molecular flexibility index (Phi) is 5.16. The molecule has 8 heteroatoms. The van der Waals surface area contributed by atoms with Crippen LogP contribution >= 0.6 is 22.9 Å². The van der Waals surface area contributed by atoms with Gasteiger partial charge in [0.2, 0.25) is 0 Å². The fraction of sp³-hybridized carbons (Fsp3) is 0.300. The summed E-state index contributed by atoms with van der Waals surface area (Å²) >= 11 is 8.09. The largest absolute Gasteiger partial charge is 0.249 e. The van der Waals surface area contributed by atoms with Crippen LogP contribution in [0.4, 0.5) is 0 Å². The van der Waals surface area contributed by atoms with Crippen LogP contribution in [0.1, 0.15) is 34.3 Å². The Morgan fingerprint density at radius 3 is 2.64 bits per heavy atom. The van der Waals surface area contributed by atoms with Crippen molar-refractivity contribution in [3.05, 3.63) is 56.6 Å². The third-order valence-electron chi connectivity index (χ3n) is 4.89. The smallest absolute Gasteiger partial charge is 0.152 e. The minimum absolute atomic E-state index is 0.101. The number of hydrogen-bond acceptors (Lipinski definition) is 5. The maximum atomic E-state index is 11.8. The maximum Gasteiger partial charge on any atom is 0.152 e. The first-order valence-corrected chi connectivity index (χ1v) is 12.1. The average Bonchev–Trinajstić information content (AvgIpc) is 3.33. The normalized spacial score (nSPS) is 18.9. The highest BCUT2D eigenvalue weighted by Crippen LogP contribution is 2.31. The highest BCUT2D eigenvalue weighted by molar-refractivity contribution is 7.91. The number of nitrogens with zero attached hydrogens (tertiary/aromatic N) is 3. The second-order valence-electron chi connectivity index (χ2n) is 7.06. The summed E-state index contributed by atoms with van der Waals surface area (Å²) in [6.07, 6.45) is 4.38. The van der Waals surface area contributed by atoms with Crippen molar-refractivity contribution < 1.29 is 8.42 Å². The molecule has 1 unspecified atom stereocenters. The first-order valence-electron chi connectivity index (χ1n) is 8.98.